The summed E-state index contributed by atoms with van der Waals surface area (Å²) in [6.45, 7) is 5.33. The Bertz CT molecular complexity index is 945. The van der Waals surface area contributed by atoms with Crippen molar-refractivity contribution in [1.29, 1.82) is 0 Å². The highest BCUT2D eigenvalue weighted by atomic mass is 79.9. The molecule has 1 amide bonds. The number of rotatable bonds is 5. The molecule has 0 bridgehead atoms. The molecule has 1 fully saturated rings. The number of hydrogen-bond donors (Lipinski definition) is 1. The second-order valence-corrected chi connectivity index (χ2v) is 10.2. The lowest BCUT2D eigenvalue weighted by Crippen LogP contribution is -2.43. The van der Waals surface area contributed by atoms with Gasteiger partial charge in [0.1, 0.15) is 0 Å². The highest BCUT2D eigenvalue weighted by molar-refractivity contribution is 9.11. The SMILES string of the molecule is CN1CCN(Cc2ccc(C(=O)Nc3nc(-c4ccc(Br)s4)cs3)cc2)CC1. The molecule has 5 nitrogen and oxygen atoms in total. The number of piperazine rings is 1. The molecule has 2 aromatic heterocycles. The van der Waals surface area contributed by atoms with Crippen molar-refractivity contribution < 1.29 is 4.79 Å². The Hall–Kier alpha value is -1.58. The van der Waals surface area contributed by atoms with E-state index in [-0.39, 0.29) is 5.91 Å². The quantitative estimate of drug-likeness (QED) is 0.582. The molecule has 1 aliphatic rings. The number of amides is 1. The van der Waals surface area contributed by atoms with E-state index in [4.69, 9.17) is 0 Å². The smallest absolute Gasteiger partial charge is 0.257 e. The monoisotopic (exact) mass is 476 g/mol. The van der Waals surface area contributed by atoms with E-state index in [1.54, 1.807) is 11.3 Å². The third-order valence-corrected chi connectivity index (χ3v) is 7.17. The second-order valence-electron chi connectivity index (χ2n) is 6.87. The van der Waals surface area contributed by atoms with Crippen molar-refractivity contribution in [2.24, 2.45) is 0 Å². The molecular weight excluding hydrogens is 456 g/mol. The minimum atomic E-state index is -0.126. The number of thiazole rings is 1. The molecule has 0 saturated carbocycles. The summed E-state index contributed by atoms with van der Waals surface area (Å²) in [5.74, 6) is -0.126. The Morgan fingerprint density at radius 1 is 1.14 bits per heavy atom. The number of halogens is 1. The Balaban J connectivity index is 1.35. The van der Waals surface area contributed by atoms with Crippen LogP contribution in [0.5, 0.6) is 0 Å². The van der Waals surface area contributed by atoms with Crippen LogP contribution in [0.25, 0.3) is 10.6 Å². The number of thiophene rings is 1. The first-order valence-electron chi connectivity index (χ1n) is 9.09. The average Bonchev–Trinajstić information content (AvgIpc) is 3.33. The summed E-state index contributed by atoms with van der Waals surface area (Å²) < 4.78 is 1.07. The first-order valence-corrected chi connectivity index (χ1v) is 11.6. The zero-order valence-corrected chi connectivity index (χ0v) is 18.7. The van der Waals surface area contributed by atoms with E-state index >= 15 is 0 Å². The number of anilines is 1. The van der Waals surface area contributed by atoms with Crippen LogP contribution in [0, 0.1) is 0 Å². The van der Waals surface area contributed by atoms with Crippen LogP contribution >= 0.6 is 38.6 Å². The molecule has 146 valence electrons. The molecule has 0 spiro atoms. The predicted octanol–water partition coefficient (Wildman–Crippen LogP) is 4.63. The van der Waals surface area contributed by atoms with Crippen LogP contribution in [-0.4, -0.2) is 53.9 Å². The van der Waals surface area contributed by atoms with Gasteiger partial charge in [0.2, 0.25) is 0 Å². The van der Waals surface area contributed by atoms with Gasteiger partial charge in [-0.2, -0.15) is 0 Å². The second kappa shape index (κ2) is 8.84. The minimum absolute atomic E-state index is 0.126. The van der Waals surface area contributed by atoms with Crippen LogP contribution in [0.2, 0.25) is 0 Å². The lowest BCUT2D eigenvalue weighted by Gasteiger charge is -2.32. The fraction of sp³-hybridized carbons (Fsp3) is 0.300. The third-order valence-electron chi connectivity index (χ3n) is 4.77. The largest absolute Gasteiger partial charge is 0.304 e. The number of aromatic nitrogens is 1. The van der Waals surface area contributed by atoms with Gasteiger partial charge in [0.15, 0.2) is 5.13 Å². The zero-order valence-electron chi connectivity index (χ0n) is 15.5. The maximum absolute atomic E-state index is 12.5. The highest BCUT2D eigenvalue weighted by Gasteiger charge is 2.15. The summed E-state index contributed by atoms with van der Waals surface area (Å²) in [4.78, 5) is 22.9. The van der Waals surface area contributed by atoms with Crippen molar-refractivity contribution in [3.05, 3.63) is 56.7 Å². The molecule has 1 saturated heterocycles. The van der Waals surface area contributed by atoms with Gasteiger partial charge in [0.25, 0.3) is 5.91 Å². The van der Waals surface area contributed by atoms with Crippen LogP contribution < -0.4 is 5.32 Å². The molecule has 28 heavy (non-hydrogen) atoms. The average molecular weight is 477 g/mol. The van der Waals surface area contributed by atoms with Crippen LogP contribution in [0.4, 0.5) is 5.13 Å². The lowest BCUT2D eigenvalue weighted by molar-refractivity contribution is 0.102. The maximum atomic E-state index is 12.5. The Kier molecular flexibility index (Phi) is 6.22. The van der Waals surface area contributed by atoms with Gasteiger partial charge in [0.05, 0.1) is 14.4 Å². The lowest BCUT2D eigenvalue weighted by atomic mass is 10.1. The summed E-state index contributed by atoms with van der Waals surface area (Å²) in [6.07, 6.45) is 0. The number of carbonyl (C=O) groups is 1. The standard InChI is InChI=1S/C20H21BrN4OS2/c1-24-8-10-25(11-9-24)12-14-2-4-15(5-3-14)19(26)23-20-22-16(13-27-20)17-6-7-18(21)28-17/h2-7,13H,8-12H2,1H3,(H,22,23,26). The third kappa shape index (κ3) is 4.87. The number of nitrogens with zero attached hydrogens (tertiary/aromatic N) is 3. The minimum Gasteiger partial charge on any atom is -0.304 e. The highest BCUT2D eigenvalue weighted by Crippen LogP contribution is 2.33. The fourth-order valence-electron chi connectivity index (χ4n) is 3.09. The van der Waals surface area contributed by atoms with Gasteiger partial charge in [0, 0.05) is 43.7 Å². The van der Waals surface area contributed by atoms with E-state index < -0.39 is 0 Å². The maximum Gasteiger partial charge on any atom is 0.257 e. The van der Waals surface area contributed by atoms with Crippen molar-refractivity contribution in [1.82, 2.24) is 14.8 Å². The van der Waals surface area contributed by atoms with Gasteiger partial charge in [-0.05, 0) is 52.8 Å². The van der Waals surface area contributed by atoms with E-state index in [2.05, 4.69) is 43.1 Å². The van der Waals surface area contributed by atoms with Gasteiger partial charge >= 0.3 is 0 Å². The van der Waals surface area contributed by atoms with Crippen LogP contribution in [0.1, 0.15) is 15.9 Å². The van der Waals surface area contributed by atoms with Gasteiger partial charge in [-0.15, -0.1) is 22.7 Å². The van der Waals surface area contributed by atoms with Crippen molar-refractivity contribution in [3.63, 3.8) is 0 Å². The first kappa shape index (κ1) is 19.7. The number of hydrogen-bond acceptors (Lipinski definition) is 6. The Labute approximate surface area is 181 Å². The molecule has 0 radical (unpaired) electrons. The zero-order chi connectivity index (χ0) is 19.5. The molecule has 0 atom stereocenters. The van der Waals surface area contributed by atoms with Crippen molar-refractivity contribution in [2.75, 3.05) is 38.5 Å². The van der Waals surface area contributed by atoms with E-state index in [1.807, 2.05) is 41.8 Å². The summed E-state index contributed by atoms with van der Waals surface area (Å²) >= 11 is 6.53. The molecule has 3 heterocycles. The van der Waals surface area contributed by atoms with E-state index in [9.17, 15) is 4.79 Å². The number of nitrogens with one attached hydrogen (secondary N) is 1. The normalized spacial score (nSPS) is 15.6. The van der Waals surface area contributed by atoms with Crippen LogP contribution in [0.3, 0.4) is 0 Å². The van der Waals surface area contributed by atoms with Gasteiger partial charge in [-0.1, -0.05) is 12.1 Å². The molecule has 1 aromatic carbocycles. The molecular formula is C20H21BrN4OS2. The fourth-order valence-corrected chi connectivity index (χ4v) is 5.22. The van der Waals surface area contributed by atoms with Crippen LogP contribution in [0.15, 0.2) is 45.6 Å². The molecule has 0 aliphatic carbocycles. The number of likely N-dealkylation sites (N-methyl/N-ethyl adjacent to an activating group) is 1. The predicted molar refractivity (Wildman–Crippen MR) is 120 cm³/mol. The van der Waals surface area contributed by atoms with E-state index in [0.717, 1.165) is 47.1 Å². The Morgan fingerprint density at radius 2 is 1.89 bits per heavy atom. The Morgan fingerprint density at radius 3 is 2.57 bits per heavy atom. The van der Waals surface area contributed by atoms with Crippen molar-refractivity contribution >= 4 is 49.6 Å². The topological polar surface area (TPSA) is 48.5 Å². The van der Waals surface area contributed by atoms with Gasteiger partial charge in [-0.3, -0.25) is 15.0 Å². The van der Waals surface area contributed by atoms with E-state index in [0.29, 0.717) is 10.7 Å². The number of benzene rings is 1. The van der Waals surface area contributed by atoms with E-state index in [1.165, 1.54) is 16.9 Å². The van der Waals surface area contributed by atoms with Gasteiger partial charge < -0.3 is 4.90 Å². The molecule has 1 N–H and O–H groups in total. The summed E-state index contributed by atoms with van der Waals surface area (Å²) in [5, 5.41) is 5.49. The molecule has 1 aliphatic heterocycles. The van der Waals surface area contributed by atoms with Gasteiger partial charge in [-0.25, -0.2) is 4.98 Å². The van der Waals surface area contributed by atoms with Crippen molar-refractivity contribution in [2.45, 2.75) is 6.54 Å². The summed E-state index contributed by atoms with van der Waals surface area (Å²) in [7, 11) is 2.16. The summed E-state index contributed by atoms with van der Waals surface area (Å²) in [6, 6.07) is 11.9. The number of carbonyl (C=O) groups excluding carboxylic acids is 1. The first-order chi connectivity index (χ1) is 13.6. The van der Waals surface area contributed by atoms with Crippen LogP contribution in [-0.2, 0) is 6.54 Å². The van der Waals surface area contributed by atoms with Crippen molar-refractivity contribution in [3.8, 4) is 10.6 Å². The summed E-state index contributed by atoms with van der Waals surface area (Å²) in [5.41, 5.74) is 2.78. The molecule has 3 aromatic rings. The molecule has 0 unspecified atom stereocenters. The molecule has 8 heteroatoms. The molecule has 4 rings (SSSR count).